The molecule has 8 heteroatoms. The van der Waals surface area contributed by atoms with E-state index in [-0.39, 0.29) is 5.91 Å². The van der Waals surface area contributed by atoms with Gasteiger partial charge in [-0.25, -0.2) is 0 Å². The number of aromatic nitrogens is 3. The van der Waals surface area contributed by atoms with Gasteiger partial charge in [-0.2, -0.15) is 0 Å². The summed E-state index contributed by atoms with van der Waals surface area (Å²) in [6.07, 6.45) is 1.80. The molecule has 0 atom stereocenters. The summed E-state index contributed by atoms with van der Waals surface area (Å²) in [4.78, 5) is 12.7. The summed E-state index contributed by atoms with van der Waals surface area (Å²) in [6, 6.07) is 16.7. The molecule has 2 aromatic carbocycles. The van der Waals surface area contributed by atoms with Crippen LogP contribution in [0.3, 0.4) is 0 Å². The van der Waals surface area contributed by atoms with Crippen molar-refractivity contribution in [1.29, 1.82) is 0 Å². The molecule has 0 fully saturated rings. The normalized spacial score (nSPS) is 10.8. The number of hydrogen-bond donors (Lipinski definition) is 1. The first-order valence-electron chi connectivity index (χ1n) is 9.19. The van der Waals surface area contributed by atoms with Gasteiger partial charge in [0.05, 0.1) is 14.2 Å². The van der Waals surface area contributed by atoms with E-state index in [0.717, 1.165) is 15.6 Å². The summed E-state index contributed by atoms with van der Waals surface area (Å²) >= 11 is 3.43. The number of hydrogen-bond acceptors (Lipinski definition) is 5. The lowest BCUT2D eigenvalue weighted by atomic mass is 10.1. The molecule has 0 unspecified atom stereocenters. The first-order valence-corrected chi connectivity index (χ1v) is 9.98. The van der Waals surface area contributed by atoms with Gasteiger partial charge in [0.2, 0.25) is 0 Å². The van der Waals surface area contributed by atoms with E-state index in [2.05, 4.69) is 31.4 Å². The van der Waals surface area contributed by atoms with E-state index in [1.807, 2.05) is 46.9 Å². The van der Waals surface area contributed by atoms with Gasteiger partial charge >= 0.3 is 0 Å². The number of pyridine rings is 1. The van der Waals surface area contributed by atoms with Gasteiger partial charge in [0.15, 0.2) is 11.5 Å². The maximum atomic E-state index is 12.7. The van der Waals surface area contributed by atoms with Crippen molar-refractivity contribution >= 4 is 27.5 Å². The molecule has 2 aromatic heterocycles. The highest BCUT2D eigenvalue weighted by atomic mass is 79.9. The topological polar surface area (TPSA) is 77.8 Å². The second-order valence-corrected chi connectivity index (χ2v) is 7.45. The van der Waals surface area contributed by atoms with Gasteiger partial charge < -0.3 is 14.8 Å². The Balaban J connectivity index is 1.54. The predicted octanol–water partition coefficient (Wildman–Crippen LogP) is 4.11. The molecule has 2 heterocycles. The smallest absolute Gasteiger partial charge is 0.251 e. The van der Waals surface area contributed by atoms with Crippen LogP contribution >= 0.6 is 15.9 Å². The van der Waals surface area contributed by atoms with Crippen LogP contribution < -0.4 is 14.8 Å². The molecule has 0 aliphatic rings. The lowest BCUT2D eigenvalue weighted by Gasteiger charge is -2.11. The molecule has 152 valence electrons. The van der Waals surface area contributed by atoms with Crippen molar-refractivity contribution in [3.8, 4) is 22.9 Å². The molecule has 0 aliphatic heterocycles. The zero-order valence-corrected chi connectivity index (χ0v) is 18.0. The van der Waals surface area contributed by atoms with Gasteiger partial charge in [-0.05, 0) is 42.5 Å². The quantitative estimate of drug-likeness (QED) is 0.462. The number of carbonyl (C=O) groups excluding carboxylic acids is 1. The zero-order chi connectivity index (χ0) is 21.1. The number of ether oxygens (including phenoxy) is 2. The third-order valence-corrected chi connectivity index (χ3v) is 5.23. The van der Waals surface area contributed by atoms with E-state index in [4.69, 9.17) is 9.47 Å². The molecule has 1 N–H and O–H groups in total. The number of carbonyl (C=O) groups is 1. The minimum Gasteiger partial charge on any atom is -0.497 e. The first-order chi connectivity index (χ1) is 14.6. The van der Waals surface area contributed by atoms with Gasteiger partial charge in [0.25, 0.3) is 5.91 Å². The van der Waals surface area contributed by atoms with Crippen molar-refractivity contribution in [3.63, 3.8) is 0 Å². The molecule has 0 bridgehead atoms. The number of rotatable bonds is 6. The molecular formula is C22H19BrN4O3. The number of methoxy groups -OCH3 is 2. The van der Waals surface area contributed by atoms with E-state index in [1.165, 1.54) is 0 Å². The maximum Gasteiger partial charge on any atom is 0.251 e. The van der Waals surface area contributed by atoms with E-state index < -0.39 is 0 Å². The summed E-state index contributed by atoms with van der Waals surface area (Å²) in [7, 11) is 3.19. The van der Waals surface area contributed by atoms with Gasteiger partial charge in [0.1, 0.15) is 11.5 Å². The Morgan fingerprint density at radius 3 is 2.57 bits per heavy atom. The highest BCUT2D eigenvalue weighted by Crippen LogP contribution is 2.24. The van der Waals surface area contributed by atoms with Gasteiger partial charge in [-0.15, -0.1) is 10.2 Å². The molecule has 7 nitrogen and oxygen atoms in total. The predicted molar refractivity (Wildman–Crippen MR) is 117 cm³/mol. The highest BCUT2D eigenvalue weighted by molar-refractivity contribution is 9.10. The number of halogens is 1. The Morgan fingerprint density at radius 1 is 1.03 bits per heavy atom. The molecule has 0 radical (unpaired) electrons. The van der Waals surface area contributed by atoms with Gasteiger partial charge in [0, 0.05) is 33.9 Å². The zero-order valence-electron chi connectivity index (χ0n) is 16.4. The van der Waals surface area contributed by atoms with Crippen molar-refractivity contribution in [1.82, 2.24) is 19.9 Å². The third-order valence-electron chi connectivity index (χ3n) is 4.70. The highest BCUT2D eigenvalue weighted by Gasteiger charge is 2.13. The van der Waals surface area contributed by atoms with Crippen LogP contribution in [0.15, 0.2) is 65.3 Å². The fourth-order valence-corrected chi connectivity index (χ4v) is 3.39. The summed E-state index contributed by atoms with van der Waals surface area (Å²) in [6.45, 7) is 0.307. The minimum atomic E-state index is -0.212. The standard InChI is InChI=1S/C22H19BrN4O3/c1-29-18-7-8-19(30-2)16(11-18)13-24-22(28)15-9-10-27-20(12-15)25-26-21(27)14-3-5-17(23)6-4-14/h3-12H,13H2,1-2H3,(H,24,28). The number of benzene rings is 2. The Hall–Kier alpha value is -3.39. The van der Waals surface area contributed by atoms with Crippen molar-refractivity contribution in [2.75, 3.05) is 14.2 Å². The number of nitrogens with one attached hydrogen (secondary N) is 1. The number of fused-ring (bicyclic) bond motifs is 1. The Morgan fingerprint density at radius 2 is 1.83 bits per heavy atom. The van der Waals surface area contributed by atoms with Crippen LogP contribution in [0.1, 0.15) is 15.9 Å². The van der Waals surface area contributed by atoms with Gasteiger partial charge in [-0.3, -0.25) is 9.20 Å². The van der Waals surface area contributed by atoms with E-state index in [1.54, 1.807) is 32.5 Å². The van der Waals surface area contributed by atoms with Crippen LogP contribution in [0.4, 0.5) is 0 Å². The second-order valence-electron chi connectivity index (χ2n) is 6.53. The third kappa shape index (κ3) is 3.99. The second kappa shape index (κ2) is 8.54. The summed E-state index contributed by atoms with van der Waals surface area (Å²) < 4.78 is 13.5. The Bertz CT molecular complexity index is 1200. The molecule has 0 aliphatic carbocycles. The molecule has 0 saturated heterocycles. The molecular weight excluding hydrogens is 448 g/mol. The lowest BCUT2D eigenvalue weighted by molar-refractivity contribution is 0.0950. The van der Waals surface area contributed by atoms with Crippen molar-refractivity contribution in [2.24, 2.45) is 0 Å². The van der Waals surface area contributed by atoms with Gasteiger partial charge in [-0.1, -0.05) is 28.1 Å². The Kier molecular flexibility index (Phi) is 5.67. The molecule has 0 spiro atoms. The molecule has 4 rings (SSSR count). The van der Waals surface area contributed by atoms with Crippen molar-refractivity contribution < 1.29 is 14.3 Å². The summed E-state index contributed by atoms with van der Waals surface area (Å²) in [5.74, 6) is 1.88. The van der Waals surface area contributed by atoms with E-state index in [0.29, 0.717) is 35.1 Å². The summed E-state index contributed by atoms with van der Waals surface area (Å²) in [5, 5.41) is 11.4. The largest absolute Gasteiger partial charge is 0.497 e. The average molecular weight is 467 g/mol. The minimum absolute atomic E-state index is 0.212. The van der Waals surface area contributed by atoms with Crippen LogP contribution in [0, 0.1) is 0 Å². The summed E-state index contributed by atoms with van der Waals surface area (Å²) in [5.41, 5.74) is 2.86. The Labute approximate surface area is 181 Å². The van der Waals surface area contributed by atoms with Crippen LogP contribution in [0.5, 0.6) is 11.5 Å². The first kappa shape index (κ1) is 19.9. The van der Waals surface area contributed by atoms with Crippen LogP contribution in [-0.2, 0) is 6.54 Å². The fourth-order valence-electron chi connectivity index (χ4n) is 3.13. The molecule has 0 saturated carbocycles. The number of nitrogens with zero attached hydrogens (tertiary/aromatic N) is 3. The molecule has 4 aromatic rings. The maximum absolute atomic E-state index is 12.7. The molecule has 30 heavy (non-hydrogen) atoms. The van der Waals surface area contributed by atoms with Crippen LogP contribution in [0.2, 0.25) is 0 Å². The van der Waals surface area contributed by atoms with E-state index >= 15 is 0 Å². The van der Waals surface area contributed by atoms with Crippen LogP contribution in [-0.4, -0.2) is 34.7 Å². The van der Waals surface area contributed by atoms with Crippen LogP contribution in [0.25, 0.3) is 17.0 Å². The average Bonchev–Trinajstić information content (AvgIpc) is 3.21. The van der Waals surface area contributed by atoms with Crippen molar-refractivity contribution in [2.45, 2.75) is 6.54 Å². The van der Waals surface area contributed by atoms with E-state index in [9.17, 15) is 4.79 Å². The van der Waals surface area contributed by atoms with Crippen molar-refractivity contribution in [3.05, 3.63) is 76.4 Å². The molecule has 1 amide bonds. The SMILES string of the molecule is COc1ccc(OC)c(CNC(=O)c2ccn3c(-c4ccc(Br)cc4)nnc3c2)c1. The lowest BCUT2D eigenvalue weighted by Crippen LogP contribution is -2.23. The monoisotopic (exact) mass is 466 g/mol. The number of amides is 1. The fraction of sp³-hybridized carbons (Fsp3) is 0.136.